The number of ether oxygens (including phenoxy) is 1. The van der Waals surface area contributed by atoms with Crippen molar-refractivity contribution in [3.8, 4) is 11.5 Å². The summed E-state index contributed by atoms with van der Waals surface area (Å²) in [4.78, 5) is 0. The van der Waals surface area contributed by atoms with Crippen LogP contribution in [0.1, 0.15) is 18.5 Å². The van der Waals surface area contributed by atoms with E-state index in [9.17, 15) is 0 Å². The Kier molecular flexibility index (Phi) is 4.95. The fourth-order valence-electron chi connectivity index (χ4n) is 1.83. The minimum Gasteiger partial charge on any atom is -0.457 e. The maximum atomic E-state index is 6.08. The molecule has 0 amide bonds. The van der Waals surface area contributed by atoms with Gasteiger partial charge in [0.25, 0.3) is 0 Å². The predicted octanol–water partition coefficient (Wildman–Crippen LogP) is 3.09. The molecular formula is C16H20N2O. The Morgan fingerprint density at radius 3 is 2.26 bits per heavy atom. The van der Waals surface area contributed by atoms with Crippen LogP contribution in [-0.2, 0) is 0 Å². The van der Waals surface area contributed by atoms with Gasteiger partial charge in [-0.2, -0.15) is 0 Å². The summed E-state index contributed by atoms with van der Waals surface area (Å²) in [5.74, 6) is 1.66. The fraction of sp³-hybridized carbons (Fsp3) is 0.250. The maximum absolute atomic E-state index is 6.08. The van der Waals surface area contributed by atoms with Crippen molar-refractivity contribution in [2.45, 2.75) is 13.0 Å². The summed E-state index contributed by atoms with van der Waals surface area (Å²) >= 11 is 0. The molecule has 0 aromatic heterocycles. The predicted molar refractivity (Wildman–Crippen MR) is 78.4 cm³/mol. The molecule has 0 heterocycles. The SMILES string of the molecule is CCNCC(N)c1ccc(Oc2ccccc2)cc1. The molecule has 0 aliphatic heterocycles. The van der Waals surface area contributed by atoms with E-state index in [4.69, 9.17) is 10.5 Å². The number of para-hydroxylation sites is 1. The standard InChI is InChI=1S/C16H20N2O/c1-2-18-12-16(17)13-8-10-15(11-9-13)19-14-6-4-3-5-7-14/h3-11,16,18H,2,12,17H2,1H3. The van der Waals surface area contributed by atoms with Crippen LogP contribution in [0, 0.1) is 0 Å². The monoisotopic (exact) mass is 256 g/mol. The molecule has 0 aliphatic rings. The summed E-state index contributed by atoms with van der Waals surface area (Å²) in [6.45, 7) is 3.79. The molecule has 0 bridgehead atoms. The Morgan fingerprint density at radius 1 is 1.00 bits per heavy atom. The summed E-state index contributed by atoms with van der Waals surface area (Å²) in [7, 11) is 0. The van der Waals surface area contributed by atoms with E-state index in [0.717, 1.165) is 30.2 Å². The highest BCUT2D eigenvalue weighted by molar-refractivity contribution is 5.33. The van der Waals surface area contributed by atoms with Gasteiger partial charge in [0, 0.05) is 12.6 Å². The van der Waals surface area contributed by atoms with Crippen molar-refractivity contribution in [1.29, 1.82) is 0 Å². The van der Waals surface area contributed by atoms with E-state index in [1.807, 2.05) is 54.6 Å². The molecule has 3 heteroatoms. The highest BCUT2D eigenvalue weighted by Gasteiger charge is 2.05. The van der Waals surface area contributed by atoms with Gasteiger partial charge in [0.1, 0.15) is 11.5 Å². The van der Waals surface area contributed by atoms with Crippen molar-refractivity contribution in [2.24, 2.45) is 5.73 Å². The molecule has 3 nitrogen and oxygen atoms in total. The third kappa shape index (κ3) is 4.09. The number of likely N-dealkylation sites (N-methyl/N-ethyl adjacent to an activating group) is 1. The molecule has 100 valence electrons. The van der Waals surface area contributed by atoms with Crippen LogP contribution in [0.25, 0.3) is 0 Å². The van der Waals surface area contributed by atoms with E-state index in [2.05, 4.69) is 12.2 Å². The van der Waals surface area contributed by atoms with Crippen molar-refractivity contribution in [2.75, 3.05) is 13.1 Å². The summed E-state index contributed by atoms with van der Waals surface area (Å²) < 4.78 is 5.74. The van der Waals surface area contributed by atoms with Crippen LogP contribution in [-0.4, -0.2) is 13.1 Å². The van der Waals surface area contributed by atoms with Crippen molar-refractivity contribution >= 4 is 0 Å². The van der Waals surface area contributed by atoms with E-state index in [0.29, 0.717) is 0 Å². The first-order chi connectivity index (χ1) is 9.29. The lowest BCUT2D eigenvalue weighted by Crippen LogP contribution is -2.26. The van der Waals surface area contributed by atoms with E-state index >= 15 is 0 Å². The van der Waals surface area contributed by atoms with Gasteiger partial charge in [-0.1, -0.05) is 37.3 Å². The number of hydrogen-bond acceptors (Lipinski definition) is 3. The van der Waals surface area contributed by atoms with Gasteiger partial charge in [0.05, 0.1) is 0 Å². The summed E-state index contributed by atoms with van der Waals surface area (Å²) in [6, 6.07) is 17.7. The Morgan fingerprint density at radius 2 is 1.63 bits per heavy atom. The first-order valence-corrected chi connectivity index (χ1v) is 6.58. The number of nitrogens with one attached hydrogen (secondary N) is 1. The molecule has 0 saturated carbocycles. The highest BCUT2D eigenvalue weighted by Crippen LogP contribution is 2.22. The van der Waals surface area contributed by atoms with Crippen LogP contribution in [0.15, 0.2) is 54.6 Å². The Balaban J connectivity index is 1.98. The third-order valence-electron chi connectivity index (χ3n) is 2.90. The van der Waals surface area contributed by atoms with Gasteiger partial charge in [-0.15, -0.1) is 0 Å². The van der Waals surface area contributed by atoms with Crippen LogP contribution in [0.4, 0.5) is 0 Å². The second-order valence-electron chi connectivity index (χ2n) is 4.40. The van der Waals surface area contributed by atoms with Crippen LogP contribution >= 0.6 is 0 Å². The average molecular weight is 256 g/mol. The first kappa shape index (κ1) is 13.6. The molecule has 2 aromatic carbocycles. The lowest BCUT2D eigenvalue weighted by molar-refractivity contribution is 0.482. The topological polar surface area (TPSA) is 47.3 Å². The molecular weight excluding hydrogens is 236 g/mol. The Hall–Kier alpha value is -1.84. The van der Waals surface area contributed by atoms with E-state index in [1.165, 1.54) is 0 Å². The highest BCUT2D eigenvalue weighted by atomic mass is 16.5. The van der Waals surface area contributed by atoms with E-state index < -0.39 is 0 Å². The minimum atomic E-state index is 0.0192. The molecule has 0 fully saturated rings. The van der Waals surface area contributed by atoms with Gasteiger partial charge in [0.15, 0.2) is 0 Å². The van der Waals surface area contributed by atoms with Crippen LogP contribution in [0.2, 0.25) is 0 Å². The van der Waals surface area contributed by atoms with Crippen LogP contribution in [0.5, 0.6) is 11.5 Å². The lowest BCUT2D eigenvalue weighted by atomic mass is 10.1. The summed E-state index contributed by atoms with van der Waals surface area (Å²) in [5, 5.41) is 3.24. The summed E-state index contributed by atoms with van der Waals surface area (Å²) in [5.41, 5.74) is 7.19. The van der Waals surface area contributed by atoms with E-state index in [-0.39, 0.29) is 6.04 Å². The zero-order chi connectivity index (χ0) is 13.5. The first-order valence-electron chi connectivity index (χ1n) is 6.58. The zero-order valence-corrected chi connectivity index (χ0v) is 11.2. The third-order valence-corrected chi connectivity index (χ3v) is 2.90. The second-order valence-corrected chi connectivity index (χ2v) is 4.40. The maximum Gasteiger partial charge on any atom is 0.127 e. The molecule has 2 rings (SSSR count). The van der Waals surface area contributed by atoms with Gasteiger partial charge in [-0.3, -0.25) is 0 Å². The van der Waals surface area contributed by atoms with Crippen molar-refractivity contribution in [3.05, 3.63) is 60.2 Å². The molecule has 1 unspecified atom stereocenters. The molecule has 1 atom stereocenters. The largest absolute Gasteiger partial charge is 0.457 e. The number of nitrogens with two attached hydrogens (primary N) is 1. The zero-order valence-electron chi connectivity index (χ0n) is 11.2. The smallest absolute Gasteiger partial charge is 0.127 e. The van der Waals surface area contributed by atoms with Gasteiger partial charge >= 0.3 is 0 Å². The van der Waals surface area contributed by atoms with Crippen molar-refractivity contribution in [3.63, 3.8) is 0 Å². The molecule has 0 spiro atoms. The molecule has 0 saturated heterocycles. The molecule has 3 N–H and O–H groups in total. The Bertz CT molecular complexity index is 482. The van der Waals surface area contributed by atoms with Gasteiger partial charge in [0.2, 0.25) is 0 Å². The fourth-order valence-corrected chi connectivity index (χ4v) is 1.83. The number of benzene rings is 2. The van der Waals surface area contributed by atoms with E-state index in [1.54, 1.807) is 0 Å². The van der Waals surface area contributed by atoms with Gasteiger partial charge < -0.3 is 15.8 Å². The van der Waals surface area contributed by atoms with Crippen molar-refractivity contribution < 1.29 is 4.74 Å². The molecule has 2 aromatic rings. The normalized spacial score (nSPS) is 12.1. The summed E-state index contributed by atoms with van der Waals surface area (Å²) in [6.07, 6.45) is 0. The quantitative estimate of drug-likeness (QED) is 0.835. The Labute approximate surface area is 114 Å². The molecule has 19 heavy (non-hydrogen) atoms. The molecule has 0 radical (unpaired) electrons. The average Bonchev–Trinajstić information content (AvgIpc) is 2.46. The lowest BCUT2D eigenvalue weighted by Gasteiger charge is -2.13. The molecule has 0 aliphatic carbocycles. The van der Waals surface area contributed by atoms with Gasteiger partial charge in [-0.05, 0) is 36.4 Å². The number of hydrogen-bond donors (Lipinski definition) is 2. The van der Waals surface area contributed by atoms with Crippen LogP contribution < -0.4 is 15.8 Å². The van der Waals surface area contributed by atoms with Crippen molar-refractivity contribution in [1.82, 2.24) is 5.32 Å². The minimum absolute atomic E-state index is 0.0192. The van der Waals surface area contributed by atoms with Gasteiger partial charge in [-0.25, -0.2) is 0 Å². The second kappa shape index (κ2) is 6.92. The number of rotatable bonds is 6. The van der Waals surface area contributed by atoms with Crippen LogP contribution in [0.3, 0.4) is 0 Å².